The lowest BCUT2D eigenvalue weighted by molar-refractivity contribution is -0.144. The number of aromatic nitrogens is 2. The number of nitrogens with zero attached hydrogens (tertiary/aromatic N) is 3. The molecule has 0 saturated carbocycles. The summed E-state index contributed by atoms with van der Waals surface area (Å²) >= 11 is 5.55. The molecule has 0 radical (unpaired) electrons. The molecule has 2 amide bonds. The van der Waals surface area contributed by atoms with E-state index in [4.69, 9.17) is 16.7 Å². The standard InChI is InChI=1S/C10H9ClN4O4/c11-7-3-12-5(1-13-7)9(17)15-4-8(16)14-2-6(15)10(18)19/h1,3,6H,2,4H2,(H,14,16)(H,18,19). The highest BCUT2D eigenvalue weighted by atomic mass is 35.5. The fourth-order valence-corrected chi connectivity index (χ4v) is 1.74. The van der Waals surface area contributed by atoms with Crippen LogP contribution in [-0.4, -0.2) is 56.9 Å². The van der Waals surface area contributed by atoms with Crippen LogP contribution in [0.3, 0.4) is 0 Å². The molecule has 1 saturated heterocycles. The minimum atomic E-state index is -1.20. The van der Waals surface area contributed by atoms with E-state index < -0.39 is 23.8 Å². The van der Waals surface area contributed by atoms with Crippen molar-refractivity contribution in [1.29, 1.82) is 0 Å². The molecule has 100 valence electrons. The molecule has 2 rings (SSSR count). The number of carbonyl (C=O) groups excluding carboxylic acids is 2. The van der Waals surface area contributed by atoms with Crippen LogP contribution in [0.2, 0.25) is 5.15 Å². The predicted octanol–water partition coefficient (Wildman–Crippen LogP) is -0.845. The Bertz CT molecular complexity index is 533. The summed E-state index contributed by atoms with van der Waals surface area (Å²) in [5, 5.41) is 11.5. The topological polar surface area (TPSA) is 112 Å². The lowest BCUT2D eigenvalue weighted by Crippen LogP contribution is -2.59. The van der Waals surface area contributed by atoms with Crippen LogP contribution in [0.25, 0.3) is 0 Å². The molecule has 1 atom stereocenters. The number of halogens is 1. The second-order valence-corrected chi connectivity index (χ2v) is 4.20. The van der Waals surface area contributed by atoms with E-state index in [0.29, 0.717) is 0 Å². The maximum absolute atomic E-state index is 12.1. The van der Waals surface area contributed by atoms with E-state index >= 15 is 0 Å². The minimum absolute atomic E-state index is 0.0645. The van der Waals surface area contributed by atoms with Crippen molar-refractivity contribution in [3.05, 3.63) is 23.2 Å². The first kappa shape index (κ1) is 13.2. The number of hydrogen-bond acceptors (Lipinski definition) is 5. The molecule has 1 aliphatic rings. The third-order valence-electron chi connectivity index (χ3n) is 2.57. The van der Waals surface area contributed by atoms with Crippen LogP contribution in [0.15, 0.2) is 12.4 Å². The Labute approximate surface area is 112 Å². The minimum Gasteiger partial charge on any atom is -0.480 e. The lowest BCUT2D eigenvalue weighted by atomic mass is 10.1. The number of nitrogens with one attached hydrogen (secondary N) is 1. The Balaban J connectivity index is 2.26. The van der Waals surface area contributed by atoms with E-state index in [0.717, 1.165) is 11.1 Å². The number of hydrogen-bond donors (Lipinski definition) is 2. The molecule has 9 heteroatoms. The average Bonchev–Trinajstić information content (AvgIpc) is 2.38. The van der Waals surface area contributed by atoms with E-state index in [1.165, 1.54) is 6.20 Å². The van der Waals surface area contributed by atoms with Crippen molar-refractivity contribution in [3.8, 4) is 0 Å². The SMILES string of the molecule is O=C1CN(C(=O)c2cnc(Cl)cn2)C(C(=O)O)CN1. The van der Waals surface area contributed by atoms with Gasteiger partial charge in [-0.05, 0) is 0 Å². The van der Waals surface area contributed by atoms with E-state index in [1.807, 2.05) is 0 Å². The van der Waals surface area contributed by atoms with Crippen molar-refractivity contribution in [3.63, 3.8) is 0 Å². The summed E-state index contributed by atoms with van der Waals surface area (Å²) in [6.07, 6.45) is 2.31. The molecule has 0 bridgehead atoms. The largest absolute Gasteiger partial charge is 0.480 e. The Morgan fingerprint density at radius 1 is 1.42 bits per heavy atom. The fourth-order valence-electron chi connectivity index (χ4n) is 1.65. The van der Waals surface area contributed by atoms with E-state index in [9.17, 15) is 14.4 Å². The van der Waals surface area contributed by atoms with Crippen LogP contribution in [0.5, 0.6) is 0 Å². The number of rotatable bonds is 2. The maximum Gasteiger partial charge on any atom is 0.328 e. The molecule has 1 aromatic heterocycles. The maximum atomic E-state index is 12.1. The van der Waals surface area contributed by atoms with E-state index in [1.54, 1.807) is 0 Å². The van der Waals surface area contributed by atoms with Gasteiger partial charge in [-0.3, -0.25) is 9.59 Å². The van der Waals surface area contributed by atoms with Gasteiger partial charge in [-0.15, -0.1) is 0 Å². The van der Waals surface area contributed by atoms with Gasteiger partial charge in [0.2, 0.25) is 5.91 Å². The third kappa shape index (κ3) is 2.79. The quantitative estimate of drug-likeness (QED) is 0.732. The van der Waals surface area contributed by atoms with Crippen LogP contribution >= 0.6 is 11.6 Å². The smallest absolute Gasteiger partial charge is 0.328 e. The Morgan fingerprint density at radius 2 is 2.16 bits per heavy atom. The van der Waals surface area contributed by atoms with Gasteiger partial charge in [0.1, 0.15) is 23.4 Å². The van der Waals surface area contributed by atoms with Crippen molar-refractivity contribution < 1.29 is 19.5 Å². The number of aliphatic carboxylic acids is 1. The summed E-state index contributed by atoms with van der Waals surface area (Å²) in [4.78, 5) is 42.8. The Hall–Kier alpha value is -2.22. The second-order valence-electron chi connectivity index (χ2n) is 3.82. The number of carboxylic acids is 1. The molecule has 0 aliphatic carbocycles. The summed E-state index contributed by atoms with van der Waals surface area (Å²) < 4.78 is 0. The summed E-state index contributed by atoms with van der Waals surface area (Å²) in [7, 11) is 0. The van der Waals surface area contributed by atoms with Gasteiger partial charge in [0.25, 0.3) is 5.91 Å². The zero-order valence-corrected chi connectivity index (χ0v) is 10.3. The van der Waals surface area contributed by atoms with Crippen LogP contribution in [-0.2, 0) is 9.59 Å². The van der Waals surface area contributed by atoms with Crippen molar-refractivity contribution in [1.82, 2.24) is 20.2 Å². The summed E-state index contributed by atoms with van der Waals surface area (Å²) in [5.41, 5.74) is -0.0645. The molecular formula is C10H9ClN4O4. The fraction of sp³-hybridized carbons (Fsp3) is 0.300. The van der Waals surface area contributed by atoms with Crippen LogP contribution in [0.4, 0.5) is 0 Å². The van der Waals surface area contributed by atoms with Crippen molar-refractivity contribution in [2.24, 2.45) is 0 Å². The van der Waals surface area contributed by atoms with Gasteiger partial charge in [-0.1, -0.05) is 11.6 Å². The zero-order chi connectivity index (χ0) is 14.0. The van der Waals surface area contributed by atoms with Crippen LogP contribution < -0.4 is 5.32 Å². The Kier molecular flexibility index (Phi) is 3.61. The number of carboxylic acid groups (broad SMARTS) is 1. The average molecular weight is 285 g/mol. The molecule has 1 aliphatic heterocycles. The van der Waals surface area contributed by atoms with Gasteiger partial charge >= 0.3 is 5.97 Å². The number of carbonyl (C=O) groups is 3. The van der Waals surface area contributed by atoms with Gasteiger partial charge in [0.15, 0.2) is 0 Å². The van der Waals surface area contributed by atoms with E-state index in [2.05, 4.69) is 15.3 Å². The number of piperazine rings is 1. The van der Waals surface area contributed by atoms with Crippen LogP contribution in [0, 0.1) is 0 Å². The van der Waals surface area contributed by atoms with Gasteiger partial charge in [-0.25, -0.2) is 14.8 Å². The van der Waals surface area contributed by atoms with Gasteiger partial charge in [0.05, 0.1) is 12.4 Å². The molecule has 0 aromatic carbocycles. The lowest BCUT2D eigenvalue weighted by Gasteiger charge is -2.32. The first-order chi connectivity index (χ1) is 8.99. The van der Waals surface area contributed by atoms with Crippen LogP contribution in [0.1, 0.15) is 10.5 Å². The first-order valence-corrected chi connectivity index (χ1v) is 5.65. The van der Waals surface area contributed by atoms with Gasteiger partial charge < -0.3 is 15.3 Å². The van der Waals surface area contributed by atoms with Crippen molar-refractivity contribution in [2.75, 3.05) is 13.1 Å². The first-order valence-electron chi connectivity index (χ1n) is 5.27. The number of amides is 2. The molecule has 2 heterocycles. The third-order valence-corrected chi connectivity index (χ3v) is 2.76. The van der Waals surface area contributed by atoms with Crippen molar-refractivity contribution >= 4 is 29.4 Å². The summed E-state index contributed by atoms with van der Waals surface area (Å²) in [5.74, 6) is -2.30. The highest BCUT2D eigenvalue weighted by molar-refractivity contribution is 6.29. The van der Waals surface area contributed by atoms with Gasteiger partial charge in [0, 0.05) is 6.54 Å². The molecule has 19 heavy (non-hydrogen) atoms. The Morgan fingerprint density at radius 3 is 2.74 bits per heavy atom. The van der Waals surface area contributed by atoms with Crippen molar-refractivity contribution in [2.45, 2.75) is 6.04 Å². The molecule has 8 nitrogen and oxygen atoms in total. The second kappa shape index (κ2) is 5.19. The molecule has 0 spiro atoms. The van der Waals surface area contributed by atoms with Gasteiger partial charge in [-0.2, -0.15) is 0 Å². The zero-order valence-electron chi connectivity index (χ0n) is 9.54. The molecule has 2 N–H and O–H groups in total. The summed E-state index contributed by atoms with van der Waals surface area (Å²) in [6, 6.07) is -1.12. The molecular weight excluding hydrogens is 276 g/mol. The van der Waals surface area contributed by atoms with E-state index in [-0.39, 0.29) is 23.9 Å². The highest BCUT2D eigenvalue weighted by Crippen LogP contribution is 2.10. The normalized spacial score (nSPS) is 18.9. The predicted molar refractivity (Wildman–Crippen MR) is 62.5 cm³/mol. The monoisotopic (exact) mass is 284 g/mol. The molecule has 1 fully saturated rings. The molecule has 1 aromatic rings. The highest BCUT2D eigenvalue weighted by Gasteiger charge is 2.36. The molecule has 1 unspecified atom stereocenters. The summed E-state index contributed by atoms with van der Waals surface area (Å²) in [6.45, 7) is -0.471.